The van der Waals surface area contributed by atoms with Gasteiger partial charge < -0.3 is 9.64 Å². The number of thiazole rings is 1. The Kier molecular flexibility index (Phi) is 4.43. The largest absolute Gasteiger partial charge is 0.371 e. The van der Waals surface area contributed by atoms with Gasteiger partial charge in [0.05, 0.1) is 37.7 Å². The summed E-state index contributed by atoms with van der Waals surface area (Å²) in [6.07, 6.45) is 6.27. The van der Waals surface area contributed by atoms with Gasteiger partial charge in [-0.25, -0.2) is 19.3 Å². The standard InChI is InChI=1S/C16H20FN5OS/c17-13-9-19-15(20-10-13)22-6-7-23-16(12-22)1-4-21(5-2-16)11-14-18-3-8-24-14/h3,8-10H,1-2,4-7,11-12H2. The maximum atomic E-state index is 13.0. The lowest BCUT2D eigenvalue weighted by atomic mass is 9.89. The van der Waals surface area contributed by atoms with Crippen molar-refractivity contribution < 1.29 is 9.13 Å². The fourth-order valence-electron chi connectivity index (χ4n) is 3.43. The van der Waals surface area contributed by atoms with Gasteiger partial charge in [-0.05, 0) is 12.8 Å². The van der Waals surface area contributed by atoms with Crippen molar-refractivity contribution in [2.45, 2.75) is 25.0 Å². The van der Waals surface area contributed by atoms with Gasteiger partial charge in [0.1, 0.15) is 5.01 Å². The molecule has 2 saturated heterocycles. The van der Waals surface area contributed by atoms with E-state index in [1.54, 1.807) is 11.3 Å². The zero-order valence-electron chi connectivity index (χ0n) is 13.4. The van der Waals surface area contributed by atoms with Crippen molar-refractivity contribution in [3.05, 3.63) is 34.8 Å². The summed E-state index contributed by atoms with van der Waals surface area (Å²) in [7, 11) is 0. The van der Waals surface area contributed by atoms with Crippen LogP contribution in [-0.2, 0) is 11.3 Å². The molecule has 0 amide bonds. The molecule has 0 aliphatic carbocycles. The third-order valence-corrected chi connectivity index (χ3v) is 5.51. The second kappa shape index (κ2) is 6.70. The number of piperidine rings is 1. The van der Waals surface area contributed by atoms with Crippen molar-refractivity contribution in [3.63, 3.8) is 0 Å². The molecule has 2 fully saturated rings. The fourth-order valence-corrected chi connectivity index (χ4v) is 4.09. The molecule has 4 heterocycles. The van der Waals surface area contributed by atoms with Crippen molar-refractivity contribution in [2.24, 2.45) is 0 Å². The molecule has 128 valence electrons. The van der Waals surface area contributed by atoms with E-state index < -0.39 is 5.82 Å². The summed E-state index contributed by atoms with van der Waals surface area (Å²) in [5.41, 5.74) is -0.143. The molecule has 24 heavy (non-hydrogen) atoms. The fraction of sp³-hybridized carbons (Fsp3) is 0.562. The molecule has 1 spiro atoms. The molecule has 0 bridgehead atoms. The summed E-state index contributed by atoms with van der Waals surface area (Å²) < 4.78 is 19.2. The number of hydrogen-bond acceptors (Lipinski definition) is 7. The smallest absolute Gasteiger partial charge is 0.225 e. The molecular formula is C16H20FN5OS. The zero-order chi connectivity index (χ0) is 16.4. The van der Waals surface area contributed by atoms with Crippen molar-refractivity contribution in [1.29, 1.82) is 0 Å². The van der Waals surface area contributed by atoms with Crippen LogP contribution in [-0.4, -0.2) is 58.2 Å². The van der Waals surface area contributed by atoms with Gasteiger partial charge in [0, 0.05) is 31.2 Å². The molecule has 2 aliphatic rings. The summed E-state index contributed by atoms with van der Waals surface area (Å²) in [6, 6.07) is 0. The van der Waals surface area contributed by atoms with Crippen LogP contribution in [0, 0.1) is 5.82 Å². The van der Waals surface area contributed by atoms with Gasteiger partial charge in [-0.1, -0.05) is 0 Å². The van der Waals surface area contributed by atoms with E-state index in [1.807, 2.05) is 11.6 Å². The molecule has 6 nitrogen and oxygen atoms in total. The highest BCUT2D eigenvalue weighted by Crippen LogP contribution is 2.31. The molecule has 2 aromatic rings. The molecule has 4 rings (SSSR count). The van der Waals surface area contributed by atoms with Crippen LogP contribution in [0.1, 0.15) is 17.8 Å². The van der Waals surface area contributed by atoms with Crippen LogP contribution in [0.2, 0.25) is 0 Å². The number of halogens is 1. The van der Waals surface area contributed by atoms with Crippen LogP contribution in [0.5, 0.6) is 0 Å². The number of nitrogens with zero attached hydrogens (tertiary/aromatic N) is 5. The van der Waals surface area contributed by atoms with Gasteiger partial charge in [0.25, 0.3) is 0 Å². The van der Waals surface area contributed by atoms with Crippen molar-refractivity contribution in [3.8, 4) is 0 Å². The second-order valence-electron chi connectivity index (χ2n) is 6.36. The Morgan fingerprint density at radius 2 is 1.96 bits per heavy atom. The van der Waals surface area contributed by atoms with E-state index in [1.165, 1.54) is 12.4 Å². The molecule has 0 saturated carbocycles. The van der Waals surface area contributed by atoms with E-state index in [9.17, 15) is 4.39 Å². The minimum Gasteiger partial charge on any atom is -0.371 e. The van der Waals surface area contributed by atoms with Crippen LogP contribution in [0.15, 0.2) is 24.0 Å². The molecule has 2 aromatic heterocycles. The van der Waals surface area contributed by atoms with E-state index in [0.29, 0.717) is 12.6 Å². The number of anilines is 1. The predicted octanol–water partition coefficient (Wildman–Crippen LogP) is 1.94. The third-order valence-electron chi connectivity index (χ3n) is 4.75. The number of ether oxygens (including phenoxy) is 1. The molecule has 0 atom stereocenters. The molecule has 8 heteroatoms. The Morgan fingerprint density at radius 1 is 1.17 bits per heavy atom. The predicted molar refractivity (Wildman–Crippen MR) is 89.5 cm³/mol. The summed E-state index contributed by atoms with van der Waals surface area (Å²) >= 11 is 1.70. The number of aromatic nitrogens is 3. The first-order chi connectivity index (χ1) is 11.7. The number of likely N-dealkylation sites (tertiary alicyclic amines) is 1. The first kappa shape index (κ1) is 15.9. The molecular weight excluding hydrogens is 329 g/mol. The Morgan fingerprint density at radius 3 is 2.67 bits per heavy atom. The normalized spacial score (nSPS) is 21.3. The van der Waals surface area contributed by atoms with Crippen LogP contribution in [0.3, 0.4) is 0 Å². The average molecular weight is 349 g/mol. The first-order valence-electron chi connectivity index (χ1n) is 8.20. The lowest BCUT2D eigenvalue weighted by Crippen LogP contribution is -2.57. The second-order valence-corrected chi connectivity index (χ2v) is 7.34. The number of morpholine rings is 1. The van der Waals surface area contributed by atoms with E-state index >= 15 is 0 Å². The van der Waals surface area contributed by atoms with Crippen molar-refractivity contribution in [1.82, 2.24) is 19.9 Å². The number of hydrogen-bond donors (Lipinski definition) is 0. The van der Waals surface area contributed by atoms with Crippen molar-refractivity contribution >= 4 is 17.3 Å². The van der Waals surface area contributed by atoms with E-state index in [0.717, 1.165) is 50.6 Å². The lowest BCUT2D eigenvalue weighted by molar-refractivity contribution is -0.0924. The van der Waals surface area contributed by atoms with E-state index in [-0.39, 0.29) is 5.60 Å². The first-order valence-corrected chi connectivity index (χ1v) is 9.08. The summed E-state index contributed by atoms with van der Waals surface area (Å²) in [5, 5.41) is 3.18. The molecule has 2 aliphatic heterocycles. The van der Waals surface area contributed by atoms with Crippen LogP contribution >= 0.6 is 11.3 Å². The monoisotopic (exact) mass is 349 g/mol. The van der Waals surface area contributed by atoms with E-state index in [4.69, 9.17) is 4.74 Å². The van der Waals surface area contributed by atoms with Gasteiger partial charge in [-0.15, -0.1) is 11.3 Å². The van der Waals surface area contributed by atoms with Gasteiger partial charge in [-0.3, -0.25) is 4.90 Å². The van der Waals surface area contributed by atoms with E-state index in [2.05, 4.69) is 24.8 Å². The Hall–Kier alpha value is -1.64. The quantitative estimate of drug-likeness (QED) is 0.844. The minimum absolute atomic E-state index is 0.143. The zero-order valence-corrected chi connectivity index (χ0v) is 14.2. The maximum absolute atomic E-state index is 13.0. The summed E-state index contributed by atoms with van der Waals surface area (Å²) in [6.45, 7) is 5.08. The topological polar surface area (TPSA) is 54.4 Å². The van der Waals surface area contributed by atoms with Crippen molar-refractivity contribution in [2.75, 3.05) is 37.7 Å². The highest BCUT2D eigenvalue weighted by atomic mass is 32.1. The molecule has 0 radical (unpaired) electrons. The SMILES string of the molecule is Fc1cnc(N2CCOC3(CCN(Cc4nccs4)CC3)C2)nc1. The lowest BCUT2D eigenvalue weighted by Gasteiger charge is -2.47. The summed E-state index contributed by atoms with van der Waals surface area (Å²) in [4.78, 5) is 17.1. The molecule has 0 unspecified atom stereocenters. The number of rotatable bonds is 3. The third kappa shape index (κ3) is 3.40. The van der Waals surface area contributed by atoms with Gasteiger partial charge in [-0.2, -0.15) is 0 Å². The van der Waals surface area contributed by atoms with Crippen LogP contribution < -0.4 is 4.90 Å². The Labute approximate surface area is 144 Å². The highest BCUT2D eigenvalue weighted by Gasteiger charge is 2.40. The average Bonchev–Trinajstić information content (AvgIpc) is 3.11. The minimum atomic E-state index is -0.405. The van der Waals surface area contributed by atoms with Gasteiger partial charge in [0.15, 0.2) is 5.82 Å². The van der Waals surface area contributed by atoms with Gasteiger partial charge in [0.2, 0.25) is 5.95 Å². The van der Waals surface area contributed by atoms with Crippen LogP contribution in [0.4, 0.5) is 10.3 Å². The Balaban J connectivity index is 1.38. The molecule has 0 N–H and O–H groups in total. The summed E-state index contributed by atoms with van der Waals surface area (Å²) in [5.74, 6) is 0.182. The maximum Gasteiger partial charge on any atom is 0.225 e. The Bertz CT molecular complexity index is 658. The molecule has 0 aromatic carbocycles. The van der Waals surface area contributed by atoms with Crippen LogP contribution in [0.25, 0.3) is 0 Å². The van der Waals surface area contributed by atoms with Gasteiger partial charge >= 0.3 is 0 Å². The highest BCUT2D eigenvalue weighted by molar-refractivity contribution is 7.09.